The first kappa shape index (κ1) is 17.1. The monoisotopic (exact) mass is 299 g/mol. The van der Waals surface area contributed by atoms with Crippen molar-refractivity contribution in [1.82, 2.24) is 4.72 Å². The first-order valence-electron chi connectivity index (χ1n) is 6.93. The molecular weight excluding hydrogens is 274 g/mol. The molecule has 0 spiro atoms. The molecule has 0 bridgehead atoms. The maximum Gasteiger partial charge on any atom is 0.240 e. The average Bonchev–Trinajstić information content (AvgIpc) is 2.36. The van der Waals surface area contributed by atoms with Gasteiger partial charge in [0.15, 0.2) is 0 Å². The van der Waals surface area contributed by atoms with Crippen molar-refractivity contribution in [2.45, 2.75) is 51.5 Å². The Labute approximate surface area is 122 Å². The van der Waals surface area contributed by atoms with Crippen molar-refractivity contribution in [1.29, 1.82) is 0 Å². The van der Waals surface area contributed by atoms with Crippen LogP contribution in [0.3, 0.4) is 0 Å². The minimum Gasteiger partial charge on any atom is -0.388 e. The van der Waals surface area contributed by atoms with Crippen LogP contribution in [0.15, 0.2) is 29.2 Å². The van der Waals surface area contributed by atoms with Gasteiger partial charge in [-0.2, -0.15) is 0 Å². The zero-order valence-electron chi connectivity index (χ0n) is 12.7. The molecule has 1 unspecified atom stereocenters. The highest BCUT2D eigenvalue weighted by atomic mass is 32.2. The van der Waals surface area contributed by atoms with Crippen molar-refractivity contribution in [2.75, 3.05) is 6.54 Å². The molecule has 1 atom stereocenters. The summed E-state index contributed by atoms with van der Waals surface area (Å²) >= 11 is 0. The Morgan fingerprint density at radius 3 is 2.50 bits per heavy atom. The van der Waals surface area contributed by atoms with Gasteiger partial charge < -0.3 is 5.11 Å². The third-order valence-corrected chi connectivity index (χ3v) is 4.57. The molecule has 1 aromatic carbocycles. The highest BCUT2D eigenvalue weighted by Gasteiger charge is 2.17. The minimum atomic E-state index is -3.51. The second kappa shape index (κ2) is 6.70. The fraction of sp³-hybridized carbons (Fsp3) is 0.600. The summed E-state index contributed by atoms with van der Waals surface area (Å²) in [5.74, 6) is 0. The van der Waals surface area contributed by atoms with Gasteiger partial charge in [0.1, 0.15) is 0 Å². The van der Waals surface area contributed by atoms with Crippen molar-refractivity contribution >= 4 is 10.0 Å². The fourth-order valence-corrected chi connectivity index (χ4v) is 2.85. The van der Waals surface area contributed by atoms with E-state index in [1.807, 2.05) is 6.92 Å². The second-order valence-corrected chi connectivity index (χ2v) is 7.97. The van der Waals surface area contributed by atoms with Crippen LogP contribution in [0.4, 0.5) is 0 Å². The van der Waals surface area contributed by atoms with E-state index in [0.29, 0.717) is 18.5 Å². The number of hydrogen-bond acceptors (Lipinski definition) is 3. The van der Waals surface area contributed by atoms with Gasteiger partial charge in [0, 0.05) is 6.54 Å². The molecule has 1 rings (SSSR count). The van der Waals surface area contributed by atoms with Crippen molar-refractivity contribution in [3.8, 4) is 0 Å². The molecule has 114 valence electrons. The lowest BCUT2D eigenvalue weighted by Crippen LogP contribution is -2.27. The van der Waals surface area contributed by atoms with E-state index < -0.39 is 16.1 Å². The van der Waals surface area contributed by atoms with Gasteiger partial charge in [-0.15, -0.1) is 0 Å². The molecule has 0 aliphatic carbocycles. The number of aliphatic hydroxyl groups excluding tert-OH is 1. The van der Waals surface area contributed by atoms with E-state index in [1.165, 1.54) is 6.07 Å². The van der Waals surface area contributed by atoms with Crippen LogP contribution in [0.5, 0.6) is 0 Å². The smallest absolute Gasteiger partial charge is 0.240 e. The molecule has 20 heavy (non-hydrogen) atoms. The van der Waals surface area contributed by atoms with Crippen molar-refractivity contribution in [3.63, 3.8) is 0 Å². The number of rotatable bonds is 6. The van der Waals surface area contributed by atoms with E-state index in [0.717, 1.165) is 6.42 Å². The molecule has 0 saturated heterocycles. The van der Waals surface area contributed by atoms with Crippen LogP contribution in [-0.4, -0.2) is 20.1 Å². The molecule has 0 aromatic heterocycles. The van der Waals surface area contributed by atoms with Crippen LogP contribution in [0.1, 0.15) is 52.2 Å². The summed E-state index contributed by atoms with van der Waals surface area (Å²) in [7, 11) is -3.51. The third kappa shape index (κ3) is 5.23. The van der Waals surface area contributed by atoms with Gasteiger partial charge in [0.25, 0.3) is 0 Å². The molecule has 2 N–H and O–H groups in total. The molecule has 0 aliphatic heterocycles. The van der Waals surface area contributed by atoms with Gasteiger partial charge in [0.05, 0.1) is 11.0 Å². The standard InChI is InChI=1S/C15H25NO3S/c1-5-14(17)12-7-6-8-13(11-12)20(18,19)16-10-9-15(2,3)4/h6-8,11,14,16-17H,5,9-10H2,1-4H3. The topological polar surface area (TPSA) is 66.4 Å². The Morgan fingerprint density at radius 1 is 1.30 bits per heavy atom. The number of benzene rings is 1. The van der Waals surface area contributed by atoms with Crippen LogP contribution >= 0.6 is 0 Å². The van der Waals surface area contributed by atoms with Crippen molar-refractivity contribution in [3.05, 3.63) is 29.8 Å². The molecular formula is C15H25NO3S. The Kier molecular flexibility index (Phi) is 5.74. The van der Waals surface area contributed by atoms with Crippen LogP contribution < -0.4 is 4.72 Å². The quantitative estimate of drug-likeness (QED) is 0.849. The van der Waals surface area contributed by atoms with Gasteiger partial charge in [-0.25, -0.2) is 13.1 Å². The Morgan fingerprint density at radius 2 is 1.95 bits per heavy atom. The SMILES string of the molecule is CCC(O)c1cccc(S(=O)(=O)NCCC(C)(C)C)c1. The van der Waals surface area contributed by atoms with E-state index >= 15 is 0 Å². The number of nitrogens with one attached hydrogen (secondary N) is 1. The Balaban J connectivity index is 2.82. The third-order valence-electron chi connectivity index (χ3n) is 3.11. The molecule has 0 heterocycles. The first-order valence-corrected chi connectivity index (χ1v) is 8.42. The molecule has 0 radical (unpaired) electrons. The zero-order chi connectivity index (χ0) is 15.4. The highest BCUT2D eigenvalue weighted by molar-refractivity contribution is 7.89. The molecule has 0 saturated carbocycles. The van der Waals surface area contributed by atoms with Crippen LogP contribution in [0.2, 0.25) is 0 Å². The lowest BCUT2D eigenvalue weighted by atomic mass is 9.93. The number of sulfonamides is 1. The summed E-state index contributed by atoms with van der Waals surface area (Å²) in [6.45, 7) is 8.47. The zero-order valence-corrected chi connectivity index (χ0v) is 13.5. The fourth-order valence-electron chi connectivity index (χ4n) is 1.77. The lowest BCUT2D eigenvalue weighted by molar-refractivity contribution is 0.173. The number of hydrogen-bond donors (Lipinski definition) is 2. The summed E-state index contributed by atoms with van der Waals surface area (Å²) in [6, 6.07) is 6.48. The summed E-state index contributed by atoms with van der Waals surface area (Å²) in [5.41, 5.74) is 0.717. The molecule has 0 fully saturated rings. The molecule has 1 aromatic rings. The van der Waals surface area contributed by atoms with E-state index in [4.69, 9.17) is 0 Å². The Bertz CT molecular complexity index is 532. The lowest BCUT2D eigenvalue weighted by Gasteiger charge is -2.18. The maximum absolute atomic E-state index is 12.2. The molecule has 5 heteroatoms. The normalized spacial score (nSPS) is 14.2. The minimum absolute atomic E-state index is 0.0861. The van der Waals surface area contributed by atoms with Gasteiger partial charge in [-0.1, -0.05) is 39.8 Å². The number of aliphatic hydroxyl groups is 1. The van der Waals surface area contributed by atoms with Gasteiger partial charge in [-0.05, 0) is 36.0 Å². The predicted octanol–water partition coefficient (Wildman–Crippen LogP) is 2.84. The molecule has 4 nitrogen and oxygen atoms in total. The predicted molar refractivity (Wildman–Crippen MR) is 81.0 cm³/mol. The van der Waals surface area contributed by atoms with Gasteiger partial charge >= 0.3 is 0 Å². The summed E-state index contributed by atoms with van der Waals surface area (Å²) in [6.07, 6.45) is 0.699. The van der Waals surface area contributed by atoms with Gasteiger partial charge in [0.2, 0.25) is 10.0 Å². The maximum atomic E-state index is 12.2. The highest BCUT2D eigenvalue weighted by Crippen LogP contribution is 2.21. The second-order valence-electron chi connectivity index (χ2n) is 6.20. The van der Waals surface area contributed by atoms with Crippen LogP contribution in [0.25, 0.3) is 0 Å². The largest absolute Gasteiger partial charge is 0.388 e. The summed E-state index contributed by atoms with van der Waals surface area (Å²) in [4.78, 5) is 0.205. The van der Waals surface area contributed by atoms with Crippen LogP contribution in [0, 0.1) is 5.41 Å². The average molecular weight is 299 g/mol. The van der Waals surface area contributed by atoms with Crippen molar-refractivity contribution in [2.24, 2.45) is 5.41 Å². The van der Waals surface area contributed by atoms with E-state index in [2.05, 4.69) is 25.5 Å². The first-order chi connectivity index (χ1) is 9.15. The molecule has 0 amide bonds. The Hall–Kier alpha value is -0.910. The van der Waals surface area contributed by atoms with Crippen molar-refractivity contribution < 1.29 is 13.5 Å². The van der Waals surface area contributed by atoms with E-state index in [9.17, 15) is 13.5 Å². The molecule has 0 aliphatic rings. The summed E-state index contributed by atoms with van der Waals surface area (Å²) in [5, 5.41) is 9.79. The van der Waals surface area contributed by atoms with Gasteiger partial charge in [-0.3, -0.25) is 0 Å². The summed E-state index contributed by atoms with van der Waals surface area (Å²) < 4.78 is 27.0. The van der Waals surface area contributed by atoms with E-state index in [-0.39, 0.29) is 10.3 Å². The van der Waals surface area contributed by atoms with Crippen LogP contribution in [-0.2, 0) is 10.0 Å². The van der Waals surface area contributed by atoms with E-state index in [1.54, 1.807) is 18.2 Å².